The lowest BCUT2D eigenvalue weighted by atomic mass is 9.97. The van der Waals surface area contributed by atoms with Gasteiger partial charge in [-0.2, -0.15) is 0 Å². The van der Waals surface area contributed by atoms with Gasteiger partial charge in [-0.1, -0.05) is 11.6 Å². The fraction of sp³-hybridized carbons (Fsp3) is 0.381. The number of aromatic nitrogens is 1. The molecule has 30 heavy (non-hydrogen) atoms. The molecule has 0 unspecified atom stereocenters. The van der Waals surface area contributed by atoms with Gasteiger partial charge in [0.25, 0.3) is 5.91 Å². The first-order valence-electron chi connectivity index (χ1n) is 9.83. The zero-order chi connectivity index (χ0) is 21.3. The van der Waals surface area contributed by atoms with Gasteiger partial charge in [-0.25, -0.2) is 4.79 Å². The number of nitrogens with one attached hydrogen (secondary N) is 3. The number of pyridine rings is 1. The van der Waals surface area contributed by atoms with Crippen LogP contribution in [0.2, 0.25) is 5.02 Å². The van der Waals surface area contributed by atoms with Gasteiger partial charge in [0.2, 0.25) is 0 Å². The van der Waals surface area contributed by atoms with Crippen molar-refractivity contribution >= 4 is 29.2 Å². The molecule has 1 aromatic heterocycles. The van der Waals surface area contributed by atoms with Gasteiger partial charge in [0.1, 0.15) is 6.10 Å². The number of hydrogen-bond acceptors (Lipinski definition) is 5. The smallest absolute Gasteiger partial charge is 0.319 e. The molecule has 0 aliphatic carbocycles. The summed E-state index contributed by atoms with van der Waals surface area (Å²) in [4.78, 5) is 28.2. The van der Waals surface area contributed by atoms with Crippen LogP contribution in [0.3, 0.4) is 0 Å². The maximum atomic E-state index is 12.3. The van der Waals surface area contributed by atoms with E-state index < -0.39 is 6.10 Å². The number of nitrogens with zero attached hydrogens (tertiary/aromatic N) is 1. The Bertz CT molecular complexity index is 835. The molecule has 1 fully saturated rings. The average Bonchev–Trinajstić information content (AvgIpc) is 2.77. The van der Waals surface area contributed by atoms with Crippen molar-refractivity contribution in [2.24, 2.45) is 0 Å². The van der Waals surface area contributed by atoms with E-state index in [0.29, 0.717) is 35.7 Å². The molecule has 9 heteroatoms. The van der Waals surface area contributed by atoms with Crippen molar-refractivity contribution < 1.29 is 19.4 Å². The molecule has 3 atom stereocenters. The normalized spacial score (nSPS) is 20.9. The maximum Gasteiger partial charge on any atom is 0.319 e. The average molecular weight is 433 g/mol. The van der Waals surface area contributed by atoms with Crippen LogP contribution in [0.1, 0.15) is 29.6 Å². The Morgan fingerprint density at radius 1 is 1.13 bits per heavy atom. The van der Waals surface area contributed by atoms with Crippen molar-refractivity contribution in [1.29, 1.82) is 0 Å². The third-order valence-corrected chi connectivity index (χ3v) is 5.16. The molecule has 1 aliphatic heterocycles. The monoisotopic (exact) mass is 432 g/mol. The van der Waals surface area contributed by atoms with Crippen molar-refractivity contribution in [3.8, 4) is 0 Å². The highest BCUT2D eigenvalue weighted by atomic mass is 35.5. The lowest BCUT2D eigenvalue weighted by Crippen LogP contribution is -2.51. The second-order valence-corrected chi connectivity index (χ2v) is 7.49. The summed E-state index contributed by atoms with van der Waals surface area (Å²) in [7, 11) is 0. The summed E-state index contributed by atoms with van der Waals surface area (Å²) < 4.78 is 5.93. The third kappa shape index (κ3) is 6.41. The zero-order valence-electron chi connectivity index (χ0n) is 16.4. The quantitative estimate of drug-likeness (QED) is 0.537. The number of benzene rings is 1. The van der Waals surface area contributed by atoms with Crippen LogP contribution in [-0.4, -0.2) is 53.4 Å². The number of carbonyl (C=O) groups is 2. The second-order valence-electron chi connectivity index (χ2n) is 7.05. The van der Waals surface area contributed by atoms with E-state index in [9.17, 15) is 14.7 Å². The van der Waals surface area contributed by atoms with Crippen molar-refractivity contribution in [3.05, 3.63) is 59.4 Å². The van der Waals surface area contributed by atoms with Crippen molar-refractivity contribution in [2.75, 3.05) is 18.5 Å². The number of urea groups is 1. The molecule has 0 spiro atoms. The van der Waals surface area contributed by atoms with Gasteiger partial charge in [-0.15, -0.1) is 0 Å². The molecular formula is C21H25ClN4O4. The standard InChI is InChI=1S/C21H25ClN4O4/c22-15-1-3-16(4-2-15)25-21(29)24-12-9-17-5-6-18(19(13-27)30-17)26-20(28)14-7-10-23-11-8-14/h1-4,7-8,10-11,17-19,27H,5-6,9,12-13H2,(H,26,28)(H2,24,25,29)/t17-,18-,19+/m1/s1. The summed E-state index contributed by atoms with van der Waals surface area (Å²) in [5.74, 6) is -0.219. The molecular weight excluding hydrogens is 408 g/mol. The van der Waals surface area contributed by atoms with Crippen LogP contribution in [0.5, 0.6) is 0 Å². The Hall–Kier alpha value is -2.68. The fourth-order valence-electron chi connectivity index (χ4n) is 3.32. The van der Waals surface area contributed by atoms with E-state index in [1.165, 1.54) is 0 Å². The van der Waals surface area contributed by atoms with Gasteiger partial charge >= 0.3 is 6.03 Å². The zero-order valence-corrected chi connectivity index (χ0v) is 17.1. The van der Waals surface area contributed by atoms with Gasteiger partial charge in [0.05, 0.1) is 18.8 Å². The number of carbonyl (C=O) groups excluding carboxylic acids is 2. The van der Waals surface area contributed by atoms with Gasteiger partial charge in [0, 0.05) is 35.2 Å². The third-order valence-electron chi connectivity index (χ3n) is 4.91. The number of hydrogen-bond donors (Lipinski definition) is 4. The Labute approximate surface area is 180 Å². The molecule has 2 aromatic rings. The van der Waals surface area contributed by atoms with Gasteiger partial charge < -0.3 is 25.8 Å². The van der Waals surface area contributed by atoms with Crippen molar-refractivity contribution in [2.45, 2.75) is 37.5 Å². The number of aliphatic hydroxyl groups excluding tert-OH is 1. The van der Waals surface area contributed by atoms with E-state index >= 15 is 0 Å². The van der Waals surface area contributed by atoms with Crippen LogP contribution in [0, 0.1) is 0 Å². The van der Waals surface area contributed by atoms with Crippen LogP contribution in [0.25, 0.3) is 0 Å². The van der Waals surface area contributed by atoms with E-state index in [1.807, 2.05) is 0 Å². The predicted molar refractivity (Wildman–Crippen MR) is 114 cm³/mol. The van der Waals surface area contributed by atoms with Crippen LogP contribution in [-0.2, 0) is 4.74 Å². The summed E-state index contributed by atoms with van der Waals surface area (Å²) in [6, 6.07) is 9.53. The molecule has 3 amide bonds. The highest BCUT2D eigenvalue weighted by Gasteiger charge is 2.31. The summed E-state index contributed by atoms with van der Waals surface area (Å²) >= 11 is 5.83. The highest BCUT2D eigenvalue weighted by Crippen LogP contribution is 2.22. The first kappa shape index (κ1) is 22.0. The molecule has 1 aromatic carbocycles. The molecule has 0 bridgehead atoms. The molecule has 0 saturated carbocycles. The summed E-state index contributed by atoms with van der Waals surface area (Å²) in [5.41, 5.74) is 1.17. The predicted octanol–water partition coefficient (Wildman–Crippen LogP) is 2.59. The Balaban J connectivity index is 1.40. The summed E-state index contributed by atoms with van der Waals surface area (Å²) in [6.45, 7) is 0.235. The summed E-state index contributed by atoms with van der Waals surface area (Å²) in [5, 5.41) is 18.7. The number of amides is 3. The Kier molecular flexibility index (Phi) is 8.01. The van der Waals surface area contributed by atoms with E-state index in [2.05, 4.69) is 20.9 Å². The minimum atomic E-state index is -0.488. The highest BCUT2D eigenvalue weighted by molar-refractivity contribution is 6.30. The van der Waals surface area contributed by atoms with Crippen LogP contribution < -0.4 is 16.0 Å². The van der Waals surface area contributed by atoms with E-state index in [1.54, 1.807) is 48.8 Å². The number of anilines is 1. The molecule has 3 rings (SSSR count). The number of halogens is 1. The first-order chi connectivity index (χ1) is 14.5. The first-order valence-corrected chi connectivity index (χ1v) is 10.2. The number of rotatable bonds is 7. The number of aliphatic hydroxyl groups is 1. The lowest BCUT2D eigenvalue weighted by molar-refractivity contribution is -0.0892. The molecule has 1 saturated heterocycles. The molecule has 4 N–H and O–H groups in total. The summed E-state index contributed by atoms with van der Waals surface area (Å²) in [6.07, 6.45) is 4.53. The Morgan fingerprint density at radius 3 is 2.57 bits per heavy atom. The van der Waals surface area contributed by atoms with E-state index in [0.717, 1.165) is 6.42 Å². The van der Waals surface area contributed by atoms with E-state index in [4.69, 9.17) is 16.3 Å². The molecule has 2 heterocycles. The lowest BCUT2D eigenvalue weighted by Gasteiger charge is -2.36. The molecule has 0 radical (unpaired) electrons. The minimum Gasteiger partial charge on any atom is -0.394 e. The van der Waals surface area contributed by atoms with Crippen LogP contribution in [0.15, 0.2) is 48.8 Å². The van der Waals surface area contributed by atoms with Gasteiger partial charge in [-0.3, -0.25) is 9.78 Å². The van der Waals surface area contributed by atoms with Crippen molar-refractivity contribution in [1.82, 2.24) is 15.6 Å². The Morgan fingerprint density at radius 2 is 1.87 bits per heavy atom. The maximum absolute atomic E-state index is 12.3. The topological polar surface area (TPSA) is 113 Å². The molecule has 8 nitrogen and oxygen atoms in total. The SMILES string of the molecule is O=C(NCC[C@H]1CC[C@@H](NC(=O)c2ccncc2)[C@H](CO)O1)Nc1ccc(Cl)cc1. The largest absolute Gasteiger partial charge is 0.394 e. The van der Waals surface area contributed by atoms with Crippen molar-refractivity contribution in [3.63, 3.8) is 0 Å². The van der Waals surface area contributed by atoms with Gasteiger partial charge in [-0.05, 0) is 55.7 Å². The second kappa shape index (κ2) is 10.9. The molecule has 1 aliphatic rings. The van der Waals surface area contributed by atoms with E-state index in [-0.39, 0.29) is 30.7 Å². The van der Waals surface area contributed by atoms with Crippen LogP contribution in [0.4, 0.5) is 10.5 Å². The molecule has 160 valence electrons. The van der Waals surface area contributed by atoms with Gasteiger partial charge in [0.15, 0.2) is 0 Å². The fourth-order valence-corrected chi connectivity index (χ4v) is 3.45. The number of ether oxygens (including phenoxy) is 1. The van der Waals surface area contributed by atoms with Crippen LogP contribution >= 0.6 is 11.6 Å². The minimum absolute atomic E-state index is 0.105.